The molecule has 3 aromatic rings. The van der Waals surface area contributed by atoms with Crippen molar-refractivity contribution in [2.75, 3.05) is 12.4 Å². The second kappa shape index (κ2) is 7.53. The molecule has 0 aliphatic carbocycles. The van der Waals surface area contributed by atoms with E-state index in [-0.39, 0.29) is 6.54 Å². The molecule has 1 aromatic heterocycles. The fourth-order valence-electron chi connectivity index (χ4n) is 2.56. The molecule has 2 N–H and O–H groups in total. The molecule has 2 aromatic carbocycles. The highest BCUT2D eigenvalue weighted by Gasteiger charge is 2.29. The van der Waals surface area contributed by atoms with Crippen LogP contribution < -0.4 is 15.4 Å². The summed E-state index contributed by atoms with van der Waals surface area (Å²) >= 11 is 0. The smallest absolute Gasteiger partial charge is 0.416 e. The van der Waals surface area contributed by atoms with Gasteiger partial charge in [0.05, 0.1) is 18.4 Å². The van der Waals surface area contributed by atoms with E-state index in [1.165, 1.54) is 19.2 Å². The lowest BCUT2D eigenvalue weighted by atomic mass is 10.1. The van der Waals surface area contributed by atoms with Gasteiger partial charge in [0.25, 0.3) is 0 Å². The zero-order valence-corrected chi connectivity index (χ0v) is 14.3. The second-order valence-corrected chi connectivity index (χ2v) is 5.77. The van der Waals surface area contributed by atoms with Crippen LogP contribution in [0.1, 0.15) is 11.1 Å². The van der Waals surface area contributed by atoms with Crippen LogP contribution in [-0.4, -0.2) is 18.1 Å². The van der Waals surface area contributed by atoms with Gasteiger partial charge >= 0.3 is 12.2 Å². The van der Waals surface area contributed by atoms with Crippen molar-refractivity contribution in [2.24, 2.45) is 0 Å². The van der Waals surface area contributed by atoms with Gasteiger partial charge in [-0.15, -0.1) is 0 Å². The third-order valence-electron chi connectivity index (χ3n) is 3.94. The molecule has 0 unspecified atom stereocenters. The number of anilines is 1. The minimum Gasteiger partial charge on any atom is -0.497 e. The number of amides is 2. The number of hydrogen-bond donors (Lipinski definition) is 2. The summed E-state index contributed by atoms with van der Waals surface area (Å²) in [5.74, 6) is 0.563. The van der Waals surface area contributed by atoms with Crippen molar-refractivity contribution in [1.82, 2.24) is 10.3 Å². The molecule has 0 radical (unpaired) electrons. The average Bonchev–Trinajstić information content (AvgIpc) is 2.66. The maximum atomic E-state index is 12.6. The molecular weight excluding hydrogens is 359 g/mol. The molecule has 1 heterocycles. The van der Waals surface area contributed by atoms with Gasteiger partial charge in [0.2, 0.25) is 0 Å². The van der Waals surface area contributed by atoms with Crippen LogP contribution in [0.25, 0.3) is 10.8 Å². The lowest BCUT2D eigenvalue weighted by Gasteiger charge is -2.12. The van der Waals surface area contributed by atoms with Gasteiger partial charge in [-0.25, -0.2) is 4.79 Å². The van der Waals surface area contributed by atoms with Crippen LogP contribution in [0.4, 0.5) is 23.7 Å². The van der Waals surface area contributed by atoms with Gasteiger partial charge in [-0.1, -0.05) is 12.1 Å². The first-order chi connectivity index (χ1) is 12.9. The summed E-state index contributed by atoms with van der Waals surface area (Å²) in [6.45, 7) is 0.0907. The van der Waals surface area contributed by atoms with E-state index in [2.05, 4.69) is 15.6 Å². The lowest BCUT2D eigenvalue weighted by Crippen LogP contribution is -2.28. The monoisotopic (exact) mass is 375 g/mol. The predicted molar refractivity (Wildman–Crippen MR) is 95.6 cm³/mol. The molecule has 0 aliphatic heterocycles. The number of pyridine rings is 1. The van der Waals surface area contributed by atoms with Crippen molar-refractivity contribution in [3.05, 3.63) is 66.0 Å². The second-order valence-electron chi connectivity index (χ2n) is 5.77. The number of aromatic nitrogens is 1. The van der Waals surface area contributed by atoms with Gasteiger partial charge in [0, 0.05) is 35.8 Å². The summed E-state index contributed by atoms with van der Waals surface area (Å²) in [6, 6.07) is 9.38. The normalized spacial score (nSPS) is 11.3. The predicted octanol–water partition coefficient (Wildman–Crippen LogP) is 4.58. The van der Waals surface area contributed by atoms with E-state index in [0.717, 1.165) is 22.9 Å². The molecule has 0 aliphatic rings. The zero-order valence-electron chi connectivity index (χ0n) is 14.3. The van der Waals surface area contributed by atoms with Crippen LogP contribution in [0.5, 0.6) is 5.75 Å². The number of carbonyl (C=O) groups is 1. The molecule has 0 bridgehead atoms. The van der Waals surface area contributed by atoms with Crippen molar-refractivity contribution in [3.63, 3.8) is 0 Å². The fourth-order valence-corrected chi connectivity index (χ4v) is 2.56. The number of hydrogen-bond acceptors (Lipinski definition) is 3. The quantitative estimate of drug-likeness (QED) is 0.701. The van der Waals surface area contributed by atoms with Gasteiger partial charge in [0.15, 0.2) is 0 Å². The van der Waals surface area contributed by atoms with Gasteiger partial charge in [-0.05, 0) is 29.8 Å². The number of ether oxygens (including phenoxy) is 1. The van der Waals surface area contributed by atoms with Crippen LogP contribution in [0.2, 0.25) is 0 Å². The molecular formula is C19H16F3N3O2. The number of halogens is 3. The summed E-state index contributed by atoms with van der Waals surface area (Å²) in [4.78, 5) is 16.2. The van der Waals surface area contributed by atoms with Crippen molar-refractivity contribution in [2.45, 2.75) is 12.7 Å². The van der Waals surface area contributed by atoms with Crippen LogP contribution in [0.3, 0.4) is 0 Å². The topological polar surface area (TPSA) is 63.2 Å². The molecule has 3 rings (SSSR count). The number of nitrogens with zero attached hydrogens (tertiary/aromatic N) is 1. The number of methoxy groups -OCH3 is 1. The number of rotatable bonds is 4. The Labute approximate surface area is 153 Å². The summed E-state index contributed by atoms with van der Waals surface area (Å²) in [6.07, 6.45) is -1.12. The lowest BCUT2D eigenvalue weighted by molar-refractivity contribution is -0.137. The van der Waals surface area contributed by atoms with E-state index in [0.29, 0.717) is 17.0 Å². The van der Waals surface area contributed by atoms with Crippen molar-refractivity contribution in [3.8, 4) is 5.75 Å². The fraction of sp³-hybridized carbons (Fsp3) is 0.158. The largest absolute Gasteiger partial charge is 0.497 e. The molecule has 27 heavy (non-hydrogen) atoms. The Bertz CT molecular complexity index is 957. The van der Waals surface area contributed by atoms with Gasteiger partial charge in [-0.3, -0.25) is 4.98 Å². The zero-order chi connectivity index (χ0) is 19.4. The standard InChI is InChI=1S/C19H16F3N3O2/c1-27-15-8-13-11-23-7-6-16(13)17(9-15)25-18(26)24-10-12-2-4-14(5-3-12)19(20,21)22/h2-9,11H,10H2,1H3,(H2,24,25,26). The molecule has 0 fully saturated rings. The Kier molecular flexibility index (Phi) is 5.16. The third kappa shape index (κ3) is 4.46. The van der Waals surface area contributed by atoms with E-state index < -0.39 is 17.8 Å². The number of carbonyl (C=O) groups excluding carboxylic acids is 1. The maximum absolute atomic E-state index is 12.6. The van der Waals surface area contributed by atoms with Crippen molar-refractivity contribution < 1.29 is 22.7 Å². The van der Waals surface area contributed by atoms with E-state index in [1.54, 1.807) is 30.6 Å². The molecule has 2 amide bonds. The van der Waals surface area contributed by atoms with Crippen LogP contribution >= 0.6 is 0 Å². The average molecular weight is 375 g/mol. The number of alkyl halides is 3. The first-order valence-electron chi connectivity index (χ1n) is 7.99. The molecule has 0 spiro atoms. The third-order valence-corrected chi connectivity index (χ3v) is 3.94. The maximum Gasteiger partial charge on any atom is 0.416 e. The Morgan fingerprint density at radius 1 is 1.15 bits per heavy atom. The highest BCUT2D eigenvalue weighted by Crippen LogP contribution is 2.30. The van der Waals surface area contributed by atoms with E-state index in [9.17, 15) is 18.0 Å². The Morgan fingerprint density at radius 2 is 1.89 bits per heavy atom. The van der Waals surface area contributed by atoms with Gasteiger partial charge in [0.1, 0.15) is 5.75 Å². The summed E-state index contributed by atoms with van der Waals surface area (Å²) < 4.78 is 42.9. The SMILES string of the molecule is COc1cc(NC(=O)NCc2ccc(C(F)(F)F)cc2)c2ccncc2c1. The number of urea groups is 1. The molecule has 8 heteroatoms. The highest BCUT2D eigenvalue weighted by atomic mass is 19.4. The summed E-state index contributed by atoms with van der Waals surface area (Å²) in [5, 5.41) is 6.94. The van der Waals surface area contributed by atoms with Crippen molar-refractivity contribution >= 4 is 22.5 Å². The number of benzene rings is 2. The van der Waals surface area contributed by atoms with Crippen molar-refractivity contribution in [1.29, 1.82) is 0 Å². The van der Waals surface area contributed by atoms with Gasteiger partial charge in [-0.2, -0.15) is 13.2 Å². The molecule has 140 valence electrons. The van der Waals surface area contributed by atoms with Crippen LogP contribution in [0, 0.1) is 0 Å². The van der Waals surface area contributed by atoms with Crippen LogP contribution in [0.15, 0.2) is 54.9 Å². The molecule has 0 saturated heterocycles. The molecule has 0 saturated carbocycles. The summed E-state index contributed by atoms with van der Waals surface area (Å²) in [5.41, 5.74) is 0.363. The number of nitrogens with one attached hydrogen (secondary N) is 2. The van der Waals surface area contributed by atoms with Gasteiger partial charge < -0.3 is 15.4 Å². The Balaban J connectivity index is 1.69. The Hall–Kier alpha value is -3.29. The minimum atomic E-state index is -4.38. The first kappa shape index (κ1) is 18.5. The summed E-state index contributed by atoms with van der Waals surface area (Å²) in [7, 11) is 1.52. The molecule has 5 nitrogen and oxygen atoms in total. The van der Waals surface area contributed by atoms with Crippen LogP contribution in [-0.2, 0) is 12.7 Å². The first-order valence-corrected chi connectivity index (χ1v) is 7.99. The highest BCUT2D eigenvalue weighted by molar-refractivity contribution is 6.02. The van der Waals surface area contributed by atoms with E-state index in [4.69, 9.17) is 4.74 Å². The minimum absolute atomic E-state index is 0.0907. The number of fused-ring (bicyclic) bond motifs is 1. The molecule has 0 atom stereocenters. The Morgan fingerprint density at radius 3 is 2.56 bits per heavy atom. The van der Waals surface area contributed by atoms with E-state index in [1.807, 2.05) is 0 Å². The van der Waals surface area contributed by atoms with E-state index >= 15 is 0 Å².